The lowest BCUT2D eigenvalue weighted by atomic mass is 9.99. The van der Waals surface area contributed by atoms with Crippen molar-refractivity contribution < 1.29 is 14.3 Å². The van der Waals surface area contributed by atoms with Crippen molar-refractivity contribution in [2.24, 2.45) is 0 Å². The Morgan fingerprint density at radius 1 is 0.938 bits per heavy atom. The summed E-state index contributed by atoms with van der Waals surface area (Å²) in [7, 11) is 0. The average molecular weight is 439 g/mol. The van der Waals surface area contributed by atoms with E-state index in [2.05, 4.69) is 6.92 Å². The van der Waals surface area contributed by atoms with E-state index in [1.165, 1.54) is 4.57 Å². The molecule has 0 radical (unpaired) electrons. The van der Waals surface area contributed by atoms with Crippen molar-refractivity contribution in [1.82, 2.24) is 9.13 Å². The molecule has 0 unspecified atom stereocenters. The molecule has 0 amide bonds. The fourth-order valence-corrected chi connectivity index (χ4v) is 3.97. The highest BCUT2D eigenvalue weighted by molar-refractivity contribution is 5.95. The number of rotatable bonds is 11. The fraction of sp³-hybridized carbons (Fsp3) is 0.385. The number of halogens is 1. The molecule has 0 aliphatic rings. The summed E-state index contributed by atoms with van der Waals surface area (Å²) in [6.07, 6.45) is 5.02. The number of carbonyl (C=O) groups is 1. The van der Waals surface area contributed by atoms with Crippen molar-refractivity contribution in [2.75, 3.05) is 0 Å². The Balaban J connectivity index is 1.90. The van der Waals surface area contributed by atoms with Crippen LogP contribution >= 0.6 is 0 Å². The van der Waals surface area contributed by atoms with Crippen molar-refractivity contribution in [1.29, 1.82) is 0 Å². The third-order valence-electron chi connectivity index (χ3n) is 5.78. The van der Waals surface area contributed by atoms with E-state index in [1.807, 2.05) is 31.2 Å². The van der Waals surface area contributed by atoms with E-state index < -0.39 is 11.9 Å². The highest BCUT2D eigenvalue weighted by Gasteiger charge is 2.19. The molecule has 0 fully saturated rings. The molecule has 3 rings (SSSR count). The van der Waals surface area contributed by atoms with Gasteiger partial charge in [-0.1, -0.05) is 75.6 Å². The van der Waals surface area contributed by atoms with Gasteiger partial charge in [0, 0.05) is 6.54 Å². The molecule has 0 bridgehead atoms. The number of hydrogen-bond acceptors (Lipinski definition) is 2. The van der Waals surface area contributed by atoms with Crippen molar-refractivity contribution >= 4 is 5.97 Å². The van der Waals surface area contributed by atoms with Crippen LogP contribution in [0.25, 0.3) is 11.1 Å². The molecule has 3 aromatic rings. The normalized spacial score (nSPS) is 11.1. The molecule has 0 aliphatic heterocycles. The fourth-order valence-electron chi connectivity index (χ4n) is 3.97. The Morgan fingerprint density at radius 2 is 1.62 bits per heavy atom. The van der Waals surface area contributed by atoms with E-state index in [-0.39, 0.29) is 17.8 Å². The Morgan fingerprint density at radius 3 is 2.28 bits per heavy atom. The second-order valence-electron chi connectivity index (χ2n) is 8.12. The molecular weight excluding hydrogens is 407 g/mol. The maximum Gasteiger partial charge on any atom is 0.336 e. The molecule has 170 valence electrons. The van der Waals surface area contributed by atoms with Crippen LogP contribution in [0.1, 0.15) is 67.6 Å². The van der Waals surface area contributed by atoms with Crippen molar-refractivity contribution in [2.45, 2.75) is 65.5 Å². The number of nitrogens with zero attached hydrogens (tertiary/aromatic N) is 2. The Labute approximate surface area is 188 Å². The molecule has 32 heavy (non-hydrogen) atoms. The Bertz CT molecular complexity index is 1110. The first kappa shape index (κ1) is 23.5. The minimum Gasteiger partial charge on any atom is -0.478 e. The van der Waals surface area contributed by atoms with Crippen LogP contribution in [0.5, 0.6) is 0 Å². The number of aromatic carboxylic acids is 1. The summed E-state index contributed by atoms with van der Waals surface area (Å²) in [5, 5.41) is 9.44. The van der Waals surface area contributed by atoms with Gasteiger partial charge < -0.3 is 5.11 Å². The number of imidazole rings is 1. The van der Waals surface area contributed by atoms with Gasteiger partial charge in [0.2, 0.25) is 5.95 Å². The van der Waals surface area contributed by atoms with Crippen LogP contribution in [0.4, 0.5) is 4.39 Å². The quantitative estimate of drug-likeness (QED) is 0.389. The van der Waals surface area contributed by atoms with Crippen LogP contribution in [0.2, 0.25) is 0 Å². The summed E-state index contributed by atoms with van der Waals surface area (Å²) in [5.41, 5.74) is 2.70. The van der Waals surface area contributed by atoms with Crippen LogP contribution in [0, 0.1) is 5.95 Å². The first-order chi connectivity index (χ1) is 15.5. The second-order valence-corrected chi connectivity index (χ2v) is 8.12. The molecule has 1 N–H and O–H groups in total. The van der Waals surface area contributed by atoms with Gasteiger partial charge in [0.25, 0.3) is 0 Å². The average Bonchev–Trinajstić information content (AvgIpc) is 3.02. The largest absolute Gasteiger partial charge is 0.478 e. The van der Waals surface area contributed by atoms with Gasteiger partial charge in [0.15, 0.2) is 0 Å². The van der Waals surface area contributed by atoms with Gasteiger partial charge in [0.05, 0.1) is 17.8 Å². The summed E-state index contributed by atoms with van der Waals surface area (Å²) < 4.78 is 17.9. The van der Waals surface area contributed by atoms with Gasteiger partial charge in [-0.15, -0.1) is 0 Å². The molecule has 0 saturated carbocycles. The molecule has 1 aromatic heterocycles. The molecule has 0 spiro atoms. The standard InChI is InChI=1S/C26H31FN2O3/c1-3-5-9-17-28-24(27)23(12-6-4-2)29(26(28)32)18-19-13-15-20(16-14-19)21-10-7-8-11-22(21)25(30)31/h7-8,10-11,13-16H,3-6,9,12,17-18H2,1-2H3,(H,30,31). The van der Waals surface area contributed by atoms with Gasteiger partial charge in [-0.25, -0.2) is 9.59 Å². The lowest BCUT2D eigenvalue weighted by Gasteiger charge is -2.09. The van der Waals surface area contributed by atoms with E-state index in [1.54, 1.807) is 28.8 Å². The maximum atomic E-state index is 15.1. The third-order valence-corrected chi connectivity index (χ3v) is 5.78. The number of benzene rings is 2. The monoisotopic (exact) mass is 438 g/mol. The Hall–Kier alpha value is -3.15. The van der Waals surface area contributed by atoms with Crippen molar-refractivity contribution in [3.05, 3.63) is 81.8 Å². The third kappa shape index (κ3) is 5.18. The summed E-state index contributed by atoms with van der Waals surface area (Å²) in [6.45, 7) is 4.81. The number of carboxylic acid groups (broad SMARTS) is 1. The topological polar surface area (TPSA) is 64.2 Å². The van der Waals surface area contributed by atoms with E-state index in [9.17, 15) is 14.7 Å². The number of aromatic nitrogens is 2. The number of hydrogen-bond donors (Lipinski definition) is 1. The van der Waals surface area contributed by atoms with Crippen molar-refractivity contribution in [3.8, 4) is 11.1 Å². The predicted octanol–water partition coefficient (Wildman–Crippen LogP) is 5.74. The smallest absolute Gasteiger partial charge is 0.336 e. The minimum absolute atomic E-state index is 0.240. The minimum atomic E-state index is -0.975. The van der Waals surface area contributed by atoms with Gasteiger partial charge in [-0.05, 0) is 42.0 Å². The zero-order chi connectivity index (χ0) is 23.1. The lowest BCUT2D eigenvalue weighted by Crippen LogP contribution is -2.26. The van der Waals surface area contributed by atoms with Crippen LogP contribution in [-0.4, -0.2) is 20.2 Å². The van der Waals surface area contributed by atoms with Crippen LogP contribution in [0.15, 0.2) is 53.3 Å². The molecule has 1 heterocycles. The first-order valence-corrected chi connectivity index (χ1v) is 11.4. The molecule has 0 atom stereocenters. The van der Waals surface area contributed by atoms with Gasteiger partial charge in [0.1, 0.15) is 0 Å². The van der Waals surface area contributed by atoms with Gasteiger partial charge in [-0.2, -0.15) is 4.39 Å². The maximum absolute atomic E-state index is 15.1. The van der Waals surface area contributed by atoms with Gasteiger partial charge >= 0.3 is 11.7 Å². The molecular formula is C26H31FN2O3. The molecule has 2 aromatic carbocycles. The molecule has 0 saturated heterocycles. The summed E-state index contributed by atoms with van der Waals surface area (Å²) in [5.74, 6) is -1.39. The van der Waals surface area contributed by atoms with E-state index in [0.29, 0.717) is 24.2 Å². The van der Waals surface area contributed by atoms with E-state index >= 15 is 4.39 Å². The zero-order valence-corrected chi connectivity index (χ0v) is 18.8. The van der Waals surface area contributed by atoms with E-state index in [0.717, 1.165) is 43.2 Å². The highest BCUT2D eigenvalue weighted by atomic mass is 19.1. The van der Waals surface area contributed by atoms with Crippen LogP contribution in [-0.2, 0) is 19.5 Å². The predicted molar refractivity (Wildman–Crippen MR) is 125 cm³/mol. The van der Waals surface area contributed by atoms with Gasteiger partial charge in [-0.3, -0.25) is 9.13 Å². The summed E-state index contributed by atoms with van der Waals surface area (Å²) in [6, 6.07) is 14.3. The second kappa shape index (κ2) is 10.9. The zero-order valence-electron chi connectivity index (χ0n) is 18.8. The number of unbranched alkanes of at least 4 members (excludes halogenated alkanes) is 3. The highest BCUT2D eigenvalue weighted by Crippen LogP contribution is 2.24. The number of carboxylic acids is 1. The van der Waals surface area contributed by atoms with E-state index in [4.69, 9.17) is 0 Å². The Kier molecular flexibility index (Phi) is 8.03. The van der Waals surface area contributed by atoms with Crippen molar-refractivity contribution in [3.63, 3.8) is 0 Å². The molecule has 5 nitrogen and oxygen atoms in total. The summed E-state index contributed by atoms with van der Waals surface area (Å²) in [4.78, 5) is 24.5. The molecule has 0 aliphatic carbocycles. The SMILES string of the molecule is CCCCCn1c(F)c(CCCC)n(Cc2ccc(-c3ccccc3C(=O)O)cc2)c1=O. The first-order valence-electron chi connectivity index (χ1n) is 11.4. The summed E-state index contributed by atoms with van der Waals surface area (Å²) >= 11 is 0. The van der Waals surface area contributed by atoms with Crippen LogP contribution in [0.3, 0.4) is 0 Å². The molecule has 6 heteroatoms. The van der Waals surface area contributed by atoms with Crippen LogP contribution < -0.4 is 5.69 Å². The lowest BCUT2D eigenvalue weighted by molar-refractivity contribution is 0.0697.